The molecule has 3 nitrogen and oxygen atoms in total. The predicted molar refractivity (Wildman–Crippen MR) is 74.0 cm³/mol. The molecule has 2 heterocycles. The zero-order chi connectivity index (χ0) is 13.1. The summed E-state index contributed by atoms with van der Waals surface area (Å²) in [7, 11) is 0. The number of carboxylic acids is 1. The first-order valence-electron chi connectivity index (χ1n) is 5.64. The van der Waals surface area contributed by atoms with Crippen LogP contribution in [0.2, 0.25) is 0 Å². The molecule has 0 saturated heterocycles. The lowest BCUT2D eigenvalue weighted by molar-refractivity contribution is 0.0697. The van der Waals surface area contributed by atoms with Crippen LogP contribution in [0.1, 0.15) is 31.2 Å². The second kappa shape index (κ2) is 5.54. The Labute approximate surface area is 114 Å². The average Bonchev–Trinajstić information content (AvgIpc) is 2.92. The number of hydrogen-bond donors (Lipinski definition) is 1. The second-order valence-corrected chi connectivity index (χ2v) is 6.38. The van der Waals surface area contributed by atoms with Crippen LogP contribution in [0.15, 0.2) is 18.2 Å². The van der Waals surface area contributed by atoms with Gasteiger partial charge in [0.25, 0.3) is 0 Å². The van der Waals surface area contributed by atoms with Crippen molar-refractivity contribution >= 4 is 28.6 Å². The SMILES string of the molecule is CCc1ccc(COc2cc(C)sc2C(=O)O)s1. The fraction of sp³-hybridized carbons (Fsp3) is 0.308. The van der Waals surface area contributed by atoms with Gasteiger partial charge in [-0.05, 0) is 31.5 Å². The van der Waals surface area contributed by atoms with Crippen molar-refractivity contribution < 1.29 is 14.6 Å². The number of carboxylic acid groups (broad SMARTS) is 1. The number of ether oxygens (including phenoxy) is 1. The number of aryl methyl sites for hydroxylation is 2. The van der Waals surface area contributed by atoms with E-state index in [4.69, 9.17) is 9.84 Å². The van der Waals surface area contributed by atoms with E-state index in [1.165, 1.54) is 16.2 Å². The van der Waals surface area contributed by atoms with Crippen LogP contribution in [0.4, 0.5) is 0 Å². The standard InChI is InChI=1S/C13H14O3S2/c1-3-9-4-5-10(18-9)7-16-11-6-8(2)17-12(11)13(14)15/h4-6H,3,7H2,1-2H3,(H,14,15). The lowest BCUT2D eigenvalue weighted by Gasteiger charge is -2.03. The molecule has 0 fully saturated rings. The van der Waals surface area contributed by atoms with E-state index in [2.05, 4.69) is 13.0 Å². The zero-order valence-electron chi connectivity index (χ0n) is 10.2. The molecular weight excluding hydrogens is 268 g/mol. The van der Waals surface area contributed by atoms with E-state index in [0.29, 0.717) is 12.4 Å². The Hall–Kier alpha value is -1.33. The number of carbonyl (C=O) groups is 1. The van der Waals surface area contributed by atoms with Gasteiger partial charge >= 0.3 is 5.97 Å². The molecule has 0 bridgehead atoms. The van der Waals surface area contributed by atoms with Gasteiger partial charge in [-0.2, -0.15) is 0 Å². The van der Waals surface area contributed by atoms with E-state index < -0.39 is 5.97 Å². The van der Waals surface area contributed by atoms with Gasteiger partial charge in [-0.25, -0.2) is 4.79 Å². The largest absolute Gasteiger partial charge is 0.486 e. The first-order valence-corrected chi connectivity index (χ1v) is 7.27. The van der Waals surface area contributed by atoms with Gasteiger partial charge in [0.05, 0.1) is 0 Å². The van der Waals surface area contributed by atoms with E-state index >= 15 is 0 Å². The van der Waals surface area contributed by atoms with Crippen LogP contribution < -0.4 is 4.74 Å². The Morgan fingerprint density at radius 3 is 2.67 bits per heavy atom. The summed E-state index contributed by atoms with van der Waals surface area (Å²) in [5, 5.41) is 9.05. The molecule has 0 aliphatic carbocycles. The van der Waals surface area contributed by atoms with E-state index in [1.54, 1.807) is 17.4 Å². The Balaban J connectivity index is 2.07. The Kier molecular flexibility index (Phi) is 4.04. The Bertz CT molecular complexity index is 554. The number of rotatable bonds is 5. The van der Waals surface area contributed by atoms with Crippen molar-refractivity contribution in [2.45, 2.75) is 26.9 Å². The number of thiophene rings is 2. The molecule has 0 atom stereocenters. The van der Waals surface area contributed by atoms with Crippen molar-refractivity contribution in [3.63, 3.8) is 0 Å². The number of aromatic carboxylic acids is 1. The first kappa shape index (κ1) is 13.1. The summed E-state index contributed by atoms with van der Waals surface area (Å²) in [6.45, 7) is 4.42. The molecule has 18 heavy (non-hydrogen) atoms. The topological polar surface area (TPSA) is 46.5 Å². The third-order valence-corrected chi connectivity index (χ3v) is 4.67. The summed E-state index contributed by atoms with van der Waals surface area (Å²) in [5.41, 5.74) is 0. The van der Waals surface area contributed by atoms with E-state index in [1.807, 2.05) is 13.0 Å². The maximum atomic E-state index is 11.0. The van der Waals surface area contributed by atoms with Crippen LogP contribution in [0.5, 0.6) is 5.75 Å². The highest BCUT2D eigenvalue weighted by atomic mass is 32.1. The Morgan fingerprint density at radius 2 is 2.06 bits per heavy atom. The third-order valence-electron chi connectivity index (χ3n) is 2.45. The number of hydrogen-bond acceptors (Lipinski definition) is 4. The highest BCUT2D eigenvalue weighted by Crippen LogP contribution is 2.30. The molecular formula is C13H14O3S2. The molecule has 2 aromatic rings. The maximum Gasteiger partial charge on any atom is 0.349 e. The summed E-state index contributed by atoms with van der Waals surface area (Å²) in [4.78, 5) is 14.7. The molecule has 0 aliphatic rings. The van der Waals surface area contributed by atoms with E-state index in [9.17, 15) is 4.79 Å². The minimum atomic E-state index is -0.927. The van der Waals surface area contributed by atoms with Gasteiger partial charge in [0.1, 0.15) is 12.4 Å². The van der Waals surface area contributed by atoms with Gasteiger partial charge in [0.15, 0.2) is 4.88 Å². The summed E-state index contributed by atoms with van der Waals surface area (Å²) in [5.74, 6) is -0.458. The molecule has 0 radical (unpaired) electrons. The fourth-order valence-corrected chi connectivity index (χ4v) is 3.25. The van der Waals surface area contributed by atoms with E-state index in [-0.39, 0.29) is 4.88 Å². The lowest BCUT2D eigenvalue weighted by atomic mass is 10.3. The molecule has 0 unspecified atom stereocenters. The van der Waals surface area contributed by atoms with Crippen molar-refractivity contribution in [1.29, 1.82) is 0 Å². The van der Waals surface area contributed by atoms with Gasteiger partial charge in [-0.1, -0.05) is 6.92 Å². The van der Waals surface area contributed by atoms with Gasteiger partial charge in [0.2, 0.25) is 0 Å². The van der Waals surface area contributed by atoms with Crippen molar-refractivity contribution in [2.24, 2.45) is 0 Å². The van der Waals surface area contributed by atoms with Crippen molar-refractivity contribution in [3.8, 4) is 5.75 Å². The predicted octanol–water partition coefficient (Wildman–Crippen LogP) is 3.96. The third kappa shape index (κ3) is 2.91. The van der Waals surface area contributed by atoms with Crippen LogP contribution in [0, 0.1) is 6.92 Å². The molecule has 0 amide bonds. The average molecular weight is 282 g/mol. The summed E-state index contributed by atoms with van der Waals surface area (Å²) in [6.07, 6.45) is 1.02. The second-order valence-electron chi connectivity index (χ2n) is 3.87. The molecule has 1 N–H and O–H groups in total. The van der Waals surface area contributed by atoms with Crippen LogP contribution in [-0.2, 0) is 13.0 Å². The van der Waals surface area contributed by atoms with Gasteiger partial charge in [0, 0.05) is 14.6 Å². The van der Waals surface area contributed by atoms with Crippen molar-refractivity contribution in [2.75, 3.05) is 0 Å². The van der Waals surface area contributed by atoms with Crippen LogP contribution in [0.25, 0.3) is 0 Å². The molecule has 2 aromatic heterocycles. The summed E-state index contributed by atoms with van der Waals surface area (Å²) in [6, 6.07) is 5.89. The Morgan fingerprint density at radius 1 is 1.33 bits per heavy atom. The molecule has 0 spiro atoms. The van der Waals surface area contributed by atoms with Crippen LogP contribution in [0.3, 0.4) is 0 Å². The highest BCUT2D eigenvalue weighted by Gasteiger charge is 2.15. The molecule has 96 valence electrons. The molecule has 0 saturated carbocycles. The van der Waals surface area contributed by atoms with Crippen LogP contribution >= 0.6 is 22.7 Å². The minimum Gasteiger partial charge on any atom is -0.486 e. The van der Waals surface area contributed by atoms with Crippen molar-refractivity contribution in [3.05, 3.63) is 37.7 Å². The zero-order valence-corrected chi connectivity index (χ0v) is 11.9. The smallest absolute Gasteiger partial charge is 0.349 e. The monoisotopic (exact) mass is 282 g/mol. The van der Waals surface area contributed by atoms with E-state index in [0.717, 1.165) is 16.2 Å². The fourth-order valence-electron chi connectivity index (χ4n) is 1.59. The van der Waals surface area contributed by atoms with Gasteiger partial charge in [-0.15, -0.1) is 22.7 Å². The summed E-state index contributed by atoms with van der Waals surface area (Å²) >= 11 is 2.95. The minimum absolute atomic E-state index is 0.278. The normalized spacial score (nSPS) is 10.6. The lowest BCUT2D eigenvalue weighted by Crippen LogP contribution is -1.98. The molecule has 0 aliphatic heterocycles. The molecule has 2 rings (SSSR count). The van der Waals surface area contributed by atoms with Crippen molar-refractivity contribution in [1.82, 2.24) is 0 Å². The highest BCUT2D eigenvalue weighted by molar-refractivity contribution is 7.14. The first-order chi connectivity index (χ1) is 8.60. The quantitative estimate of drug-likeness (QED) is 0.903. The maximum absolute atomic E-state index is 11.0. The van der Waals surface area contributed by atoms with Gasteiger partial charge < -0.3 is 9.84 Å². The van der Waals surface area contributed by atoms with Crippen LogP contribution in [-0.4, -0.2) is 11.1 Å². The summed E-state index contributed by atoms with van der Waals surface area (Å²) < 4.78 is 5.60. The van der Waals surface area contributed by atoms with Gasteiger partial charge in [-0.3, -0.25) is 0 Å². The molecule has 5 heteroatoms. The molecule has 0 aromatic carbocycles.